The van der Waals surface area contributed by atoms with Crippen molar-refractivity contribution in [2.24, 2.45) is 0 Å². The predicted octanol–water partition coefficient (Wildman–Crippen LogP) is 12.6. The SMILES string of the molecule is CCCCCCCCOc1c2sc(Br)c(Br)c2c(OCCCCCCCC)c2sc(Br)c(Br)c12. The number of rotatable bonds is 16. The van der Waals surface area contributed by atoms with Crippen LogP contribution in [0.3, 0.4) is 0 Å². The average Bonchev–Trinajstić information content (AvgIpc) is 3.28. The van der Waals surface area contributed by atoms with Gasteiger partial charge >= 0.3 is 0 Å². The van der Waals surface area contributed by atoms with Crippen LogP contribution >= 0.6 is 86.4 Å². The molecule has 0 radical (unpaired) electrons. The summed E-state index contributed by atoms with van der Waals surface area (Å²) in [4.78, 5) is 0. The zero-order valence-electron chi connectivity index (χ0n) is 20.0. The summed E-state index contributed by atoms with van der Waals surface area (Å²) < 4.78 is 19.5. The maximum atomic E-state index is 6.51. The van der Waals surface area contributed by atoms with Crippen LogP contribution in [-0.4, -0.2) is 13.2 Å². The lowest BCUT2D eigenvalue weighted by Gasteiger charge is -2.14. The number of unbranched alkanes of at least 4 members (excludes halogenated alkanes) is 10. The van der Waals surface area contributed by atoms with Gasteiger partial charge in [0.1, 0.15) is 11.5 Å². The van der Waals surface area contributed by atoms with Crippen molar-refractivity contribution in [3.8, 4) is 11.5 Å². The fourth-order valence-corrected chi connectivity index (χ4v) is 8.82. The summed E-state index contributed by atoms with van der Waals surface area (Å²) in [5, 5.41) is 2.24. The maximum absolute atomic E-state index is 6.51. The summed E-state index contributed by atoms with van der Waals surface area (Å²) in [5.74, 6) is 1.94. The molecular weight excluding hydrogens is 728 g/mol. The number of thiophene rings is 2. The smallest absolute Gasteiger partial charge is 0.147 e. The number of fused-ring (bicyclic) bond motifs is 2. The topological polar surface area (TPSA) is 18.5 Å². The number of benzene rings is 1. The van der Waals surface area contributed by atoms with E-state index in [0.717, 1.165) is 74.2 Å². The Morgan fingerprint density at radius 2 is 0.882 bits per heavy atom. The van der Waals surface area contributed by atoms with Crippen LogP contribution in [0.1, 0.15) is 90.9 Å². The minimum atomic E-state index is 0.737. The molecule has 0 spiro atoms. The molecule has 0 saturated carbocycles. The van der Waals surface area contributed by atoms with Crippen LogP contribution in [0.15, 0.2) is 16.5 Å². The molecule has 190 valence electrons. The molecule has 0 aliphatic heterocycles. The third-order valence-corrected chi connectivity index (χ3v) is 12.9. The zero-order chi connectivity index (χ0) is 24.5. The first-order chi connectivity index (χ1) is 16.5. The first-order valence-corrected chi connectivity index (χ1v) is 17.3. The fourth-order valence-electron chi connectivity index (χ4n) is 4.11. The van der Waals surface area contributed by atoms with Crippen molar-refractivity contribution in [3.63, 3.8) is 0 Å². The van der Waals surface area contributed by atoms with Gasteiger partial charge in [0, 0.05) is 0 Å². The number of hydrogen-bond acceptors (Lipinski definition) is 4. The third kappa shape index (κ3) is 7.37. The molecule has 8 heteroatoms. The van der Waals surface area contributed by atoms with Gasteiger partial charge in [0.05, 0.1) is 49.9 Å². The first kappa shape index (κ1) is 29.2. The minimum absolute atomic E-state index is 0.737. The molecule has 3 rings (SSSR count). The molecule has 34 heavy (non-hydrogen) atoms. The van der Waals surface area contributed by atoms with Gasteiger partial charge in [-0.2, -0.15) is 0 Å². The van der Waals surface area contributed by atoms with Crippen LogP contribution in [-0.2, 0) is 0 Å². The Balaban J connectivity index is 1.84. The summed E-state index contributed by atoms with van der Waals surface area (Å²) in [7, 11) is 0. The van der Waals surface area contributed by atoms with Crippen molar-refractivity contribution in [2.45, 2.75) is 90.9 Å². The summed E-state index contributed by atoms with van der Waals surface area (Å²) in [5.41, 5.74) is 0. The van der Waals surface area contributed by atoms with Crippen LogP contribution in [0, 0.1) is 0 Å². The van der Waals surface area contributed by atoms with E-state index in [2.05, 4.69) is 77.6 Å². The first-order valence-electron chi connectivity index (χ1n) is 12.5. The normalized spacial score (nSPS) is 11.7. The van der Waals surface area contributed by atoms with Crippen molar-refractivity contribution in [3.05, 3.63) is 16.5 Å². The van der Waals surface area contributed by atoms with E-state index in [0.29, 0.717) is 0 Å². The number of ether oxygens (including phenoxy) is 2. The monoisotopic (exact) mass is 758 g/mol. The van der Waals surface area contributed by atoms with Gasteiger partial charge in [0.2, 0.25) is 0 Å². The molecule has 0 saturated heterocycles. The van der Waals surface area contributed by atoms with Crippen molar-refractivity contribution in [2.75, 3.05) is 13.2 Å². The van der Waals surface area contributed by atoms with Gasteiger partial charge in [-0.15, -0.1) is 22.7 Å². The molecule has 0 N–H and O–H groups in total. The van der Waals surface area contributed by atoms with E-state index in [1.807, 2.05) is 0 Å². The summed E-state index contributed by atoms with van der Waals surface area (Å²) in [6.45, 7) is 5.99. The average molecular weight is 762 g/mol. The Hall–Kier alpha value is 0.660. The molecule has 0 aliphatic rings. The van der Waals surface area contributed by atoms with E-state index in [-0.39, 0.29) is 0 Å². The molecule has 2 heterocycles. The Bertz CT molecular complexity index is 977. The van der Waals surface area contributed by atoms with E-state index in [9.17, 15) is 0 Å². The van der Waals surface area contributed by atoms with Crippen LogP contribution in [0.4, 0.5) is 0 Å². The second-order valence-electron chi connectivity index (χ2n) is 8.68. The highest BCUT2D eigenvalue weighted by molar-refractivity contribution is 9.14. The molecule has 2 nitrogen and oxygen atoms in total. The predicted molar refractivity (Wildman–Crippen MR) is 166 cm³/mol. The van der Waals surface area contributed by atoms with Gasteiger partial charge in [-0.3, -0.25) is 0 Å². The maximum Gasteiger partial charge on any atom is 0.147 e. The molecule has 1 aromatic carbocycles. The van der Waals surface area contributed by atoms with E-state index >= 15 is 0 Å². The van der Waals surface area contributed by atoms with Crippen LogP contribution in [0.2, 0.25) is 0 Å². The summed E-state index contributed by atoms with van der Waals surface area (Å²) >= 11 is 18.6. The van der Waals surface area contributed by atoms with Gasteiger partial charge in [-0.05, 0) is 76.6 Å². The molecule has 0 bridgehead atoms. The zero-order valence-corrected chi connectivity index (χ0v) is 28.0. The lowest BCUT2D eigenvalue weighted by molar-refractivity contribution is 0.307. The van der Waals surface area contributed by atoms with Gasteiger partial charge in [-0.1, -0.05) is 78.1 Å². The Labute approximate surface area is 246 Å². The number of hydrogen-bond donors (Lipinski definition) is 0. The molecule has 0 fully saturated rings. The van der Waals surface area contributed by atoms with Crippen LogP contribution in [0.5, 0.6) is 11.5 Å². The Kier molecular flexibility index (Phi) is 13.0. The quantitative estimate of drug-likeness (QED) is 0.135. The number of halogens is 4. The highest BCUT2D eigenvalue weighted by atomic mass is 79.9. The van der Waals surface area contributed by atoms with Crippen molar-refractivity contribution < 1.29 is 9.47 Å². The van der Waals surface area contributed by atoms with E-state index in [4.69, 9.17) is 9.47 Å². The molecule has 3 aromatic rings. The minimum Gasteiger partial charge on any atom is -0.491 e. The molecule has 0 amide bonds. The standard InChI is InChI=1S/C26H34Br4O2S2/c1-3-5-7-9-11-13-15-31-21-17-19(27)25(29)34-24(17)22(18-20(28)26(30)33-23(18)21)32-16-14-12-10-8-6-4-2/h3-16H2,1-2H3. The second-order valence-corrected chi connectivity index (χ2v) is 14.9. The Morgan fingerprint density at radius 3 is 1.26 bits per heavy atom. The van der Waals surface area contributed by atoms with Crippen molar-refractivity contribution in [1.82, 2.24) is 0 Å². The van der Waals surface area contributed by atoms with E-state index < -0.39 is 0 Å². The lowest BCUT2D eigenvalue weighted by atomic mass is 10.1. The van der Waals surface area contributed by atoms with Gasteiger partial charge in [-0.25, -0.2) is 0 Å². The van der Waals surface area contributed by atoms with E-state index in [1.165, 1.54) is 64.2 Å². The molecule has 2 aromatic heterocycles. The van der Waals surface area contributed by atoms with Crippen molar-refractivity contribution in [1.29, 1.82) is 0 Å². The summed E-state index contributed by atoms with van der Waals surface area (Å²) in [6.07, 6.45) is 15.0. The third-order valence-electron chi connectivity index (χ3n) is 5.98. The van der Waals surface area contributed by atoms with Crippen LogP contribution < -0.4 is 9.47 Å². The van der Waals surface area contributed by atoms with E-state index in [1.54, 1.807) is 22.7 Å². The molecule has 0 unspecified atom stereocenters. The highest BCUT2D eigenvalue weighted by Crippen LogP contribution is 2.57. The fraction of sp³-hybridized carbons (Fsp3) is 0.615. The second kappa shape index (κ2) is 15.2. The molecule has 0 aliphatic carbocycles. The Morgan fingerprint density at radius 1 is 0.529 bits per heavy atom. The highest BCUT2D eigenvalue weighted by Gasteiger charge is 2.26. The van der Waals surface area contributed by atoms with Gasteiger partial charge < -0.3 is 9.47 Å². The van der Waals surface area contributed by atoms with Crippen molar-refractivity contribution >= 4 is 107 Å². The summed E-state index contributed by atoms with van der Waals surface area (Å²) in [6, 6.07) is 0. The van der Waals surface area contributed by atoms with Gasteiger partial charge in [0.15, 0.2) is 0 Å². The largest absolute Gasteiger partial charge is 0.491 e. The van der Waals surface area contributed by atoms with Crippen LogP contribution in [0.25, 0.3) is 20.2 Å². The van der Waals surface area contributed by atoms with Gasteiger partial charge in [0.25, 0.3) is 0 Å². The molecule has 0 atom stereocenters. The molecular formula is C26H34Br4O2S2. The lowest BCUT2D eigenvalue weighted by Crippen LogP contribution is -2.01.